The third-order valence-electron chi connectivity index (χ3n) is 1.89. The monoisotopic (exact) mass is 394 g/mol. The lowest BCUT2D eigenvalue weighted by atomic mass is 10.4. The highest BCUT2D eigenvalue weighted by Crippen LogP contribution is 2.33. The Morgan fingerprint density at radius 1 is 1.47 bits per heavy atom. The zero-order valence-electron chi connectivity index (χ0n) is 8.21. The summed E-state index contributed by atoms with van der Waals surface area (Å²) in [6, 6.07) is 3.37. The molecule has 0 unspecified atom stereocenters. The van der Waals surface area contributed by atoms with Crippen LogP contribution in [0.15, 0.2) is 32.8 Å². The molecule has 88 valence electrons. The minimum Gasteiger partial charge on any atom is -0.319 e. The van der Waals surface area contributed by atoms with Crippen molar-refractivity contribution in [1.82, 2.24) is 4.98 Å². The molecule has 2 aromatic heterocycles. The predicted molar refractivity (Wildman–Crippen MR) is 76.9 cm³/mol. The van der Waals surface area contributed by atoms with Crippen molar-refractivity contribution in [2.45, 2.75) is 0 Å². The molecule has 17 heavy (non-hydrogen) atoms. The quantitative estimate of drug-likeness (QED) is 0.808. The van der Waals surface area contributed by atoms with Crippen LogP contribution in [0.3, 0.4) is 0 Å². The minimum atomic E-state index is -0.212. The van der Waals surface area contributed by atoms with Crippen LogP contribution in [-0.2, 0) is 0 Å². The number of carbonyl (C=O) groups excluding carboxylic acids is 1. The van der Waals surface area contributed by atoms with Crippen molar-refractivity contribution in [2.75, 3.05) is 5.32 Å². The van der Waals surface area contributed by atoms with Crippen LogP contribution in [0.1, 0.15) is 9.67 Å². The summed E-state index contributed by atoms with van der Waals surface area (Å²) in [6.45, 7) is 0. The smallest absolute Gasteiger partial charge is 0.265 e. The first-order valence-electron chi connectivity index (χ1n) is 4.43. The SMILES string of the molecule is O=C(Nc1cnccc1Cl)c1cc(Br)c(Br)s1. The molecule has 7 heteroatoms. The van der Waals surface area contributed by atoms with Gasteiger partial charge in [-0.1, -0.05) is 11.6 Å². The fourth-order valence-electron chi connectivity index (χ4n) is 1.11. The van der Waals surface area contributed by atoms with E-state index in [2.05, 4.69) is 42.2 Å². The van der Waals surface area contributed by atoms with Crippen molar-refractivity contribution >= 4 is 66.4 Å². The molecule has 0 aromatic carbocycles. The molecular formula is C10H5Br2ClN2OS. The van der Waals surface area contributed by atoms with Crippen LogP contribution >= 0.6 is 54.8 Å². The van der Waals surface area contributed by atoms with Gasteiger partial charge in [-0.25, -0.2) is 0 Å². The lowest BCUT2D eigenvalue weighted by molar-refractivity contribution is 0.103. The van der Waals surface area contributed by atoms with Gasteiger partial charge in [-0.2, -0.15) is 0 Å². The molecular weight excluding hydrogens is 391 g/mol. The summed E-state index contributed by atoms with van der Waals surface area (Å²) < 4.78 is 1.73. The number of halogens is 3. The number of nitrogens with zero attached hydrogens (tertiary/aromatic N) is 1. The van der Waals surface area contributed by atoms with E-state index in [1.165, 1.54) is 17.5 Å². The van der Waals surface area contributed by atoms with E-state index in [0.29, 0.717) is 15.6 Å². The molecule has 0 saturated heterocycles. The standard InChI is InChI=1S/C10H5Br2ClN2OS/c11-5-3-8(17-9(5)12)10(16)15-7-4-14-2-1-6(7)13/h1-4H,(H,15,16). The maximum Gasteiger partial charge on any atom is 0.265 e. The Hall–Kier alpha value is -0.430. The highest BCUT2D eigenvalue weighted by Gasteiger charge is 2.13. The number of aromatic nitrogens is 1. The number of amides is 1. The normalized spacial score (nSPS) is 10.3. The highest BCUT2D eigenvalue weighted by atomic mass is 79.9. The average Bonchev–Trinajstić information content (AvgIpc) is 2.63. The molecule has 0 aliphatic heterocycles. The molecule has 0 saturated carbocycles. The van der Waals surface area contributed by atoms with Crippen molar-refractivity contribution in [3.63, 3.8) is 0 Å². The minimum absolute atomic E-state index is 0.212. The Kier molecular flexibility index (Phi) is 4.19. The number of rotatable bonds is 2. The fourth-order valence-corrected chi connectivity index (χ4v) is 3.20. The van der Waals surface area contributed by atoms with Crippen molar-refractivity contribution in [3.05, 3.63) is 42.7 Å². The molecule has 1 N–H and O–H groups in total. The zero-order valence-corrected chi connectivity index (χ0v) is 13.0. The first-order valence-corrected chi connectivity index (χ1v) is 7.21. The van der Waals surface area contributed by atoms with Crippen molar-refractivity contribution in [2.24, 2.45) is 0 Å². The fraction of sp³-hybridized carbons (Fsp3) is 0. The number of hydrogen-bond acceptors (Lipinski definition) is 3. The zero-order chi connectivity index (χ0) is 12.4. The number of carbonyl (C=O) groups is 1. The summed E-state index contributed by atoms with van der Waals surface area (Å²) in [4.78, 5) is 16.4. The lowest BCUT2D eigenvalue weighted by Crippen LogP contribution is -2.10. The topological polar surface area (TPSA) is 42.0 Å². The maximum atomic E-state index is 11.9. The second-order valence-electron chi connectivity index (χ2n) is 3.04. The Morgan fingerprint density at radius 3 is 2.82 bits per heavy atom. The number of pyridine rings is 1. The molecule has 0 spiro atoms. The van der Waals surface area contributed by atoms with Gasteiger partial charge in [-0.15, -0.1) is 11.3 Å². The largest absolute Gasteiger partial charge is 0.319 e. The summed E-state index contributed by atoms with van der Waals surface area (Å²) >= 11 is 13.9. The van der Waals surface area contributed by atoms with E-state index in [4.69, 9.17) is 11.6 Å². The lowest BCUT2D eigenvalue weighted by Gasteiger charge is -2.04. The molecule has 0 aliphatic rings. The van der Waals surface area contributed by atoms with Crippen LogP contribution in [0.4, 0.5) is 5.69 Å². The van der Waals surface area contributed by atoms with Crippen LogP contribution in [0, 0.1) is 0 Å². The third kappa shape index (κ3) is 3.07. The summed E-state index contributed by atoms with van der Waals surface area (Å²) in [7, 11) is 0. The van der Waals surface area contributed by atoms with Crippen molar-refractivity contribution in [3.8, 4) is 0 Å². The van der Waals surface area contributed by atoms with Gasteiger partial charge < -0.3 is 5.32 Å². The molecule has 0 bridgehead atoms. The average molecular weight is 396 g/mol. The Morgan fingerprint density at radius 2 is 2.24 bits per heavy atom. The van der Waals surface area contributed by atoms with E-state index in [1.807, 2.05) is 0 Å². The third-order valence-corrected chi connectivity index (χ3v) is 5.47. The van der Waals surface area contributed by atoms with E-state index < -0.39 is 0 Å². The van der Waals surface area contributed by atoms with Crippen LogP contribution in [0.25, 0.3) is 0 Å². The Bertz CT molecular complexity index is 554. The molecule has 0 aliphatic carbocycles. The number of nitrogens with one attached hydrogen (secondary N) is 1. The molecule has 0 fully saturated rings. The number of thiophene rings is 1. The summed E-state index contributed by atoms with van der Waals surface area (Å²) in [5.74, 6) is -0.212. The first kappa shape index (κ1) is 13.0. The van der Waals surface area contributed by atoms with Gasteiger partial charge in [0.25, 0.3) is 5.91 Å². The first-order chi connectivity index (χ1) is 8.08. The molecule has 2 heterocycles. The number of anilines is 1. The number of hydrogen-bond donors (Lipinski definition) is 1. The summed E-state index contributed by atoms with van der Waals surface area (Å²) in [5.41, 5.74) is 0.500. The van der Waals surface area contributed by atoms with E-state index in [1.54, 1.807) is 18.3 Å². The van der Waals surface area contributed by atoms with Crippen molar-refractivity contribution in [1.29, 1.82) is 0 Å². The molecule has 0 radical (unpaired) electrons. The Labute approximate surface area is 123 Å². The molecule has 3 nitrogen and oxygen atoms in total. The molecule has 2 rings (SSSR count). The van der Waals surface area contributed by atoms with Crippen molar-refractivity contribution < 1.29 is 4.79 Å². The van der Waals surface area contributed by atoms with Gasteiger partial charge in [0, 0.05) is 10.7 Å². The van der Waals surface area contributed by atoms with E-state index in [0.717, 1.165) is 8.26 Å². The molecule has 2 aromatic rings. The van der Waals surface area contributed by atoms with Crippen LogP contribution in [0.2, 0.25) is 5.02 Å². The van der Waals surface area contributed by atoms with Gasteiger partial charge in [-0.05, 0) is 44.0 Å². The second kappa shape index (κ2) is 5.48. The second-order valence-corrected chi connectivity index (χ2v) is 6.67. The Balaban J connectivity index is 2.20. The van der Waals surface area contributed by atoms with Gasteiger partial charge >= 0.3 is 0 Å². The van der Waals surface area contributed by atoms with Gasteiger partial charge in [-0.3, -0.25) is 9.78 Å². The van der Waals surface area contributed by atoms with Crippen LogP contribution in [0.5, 0.6) is 0 Å². The maximum absolute atomic E-state index is 11.9. The van der Waals surface area contributed by atoms with Gasteiger partial charge in [0.15, 0.2) is 0 Å². The predicted octanol–water partition coefficient (Wildman–Crippen LogP) is 4.57. The van der Waals surface area contributed by atoms with Gasteiger partial charge in [0.05, 0.1) is 25.6 Å². The van der Waals surface area contributed by atoms with Crippen LogP contribution < -0.4 is 5.32 Å². The van der Waals surface area contributed by atoms with Gasteiger partial charge in [0.1, 0.15) is 0 Å². The molecule has 1 amide bonds. The highest BCUT2D eigenvalue weighted by molar-refractivity contribution is 9.13. The van der Waals surface area contributed by atoms with Gasteiger partial charge in [0.2, 0.25) is 0 Å². The summed E-state index contributed by atoms with van der Waals surface area (Å²) in [6.07, 6.45) is 3.08. The molecule has 0 atom stereocenters. The van der Waals surface area contributed by atoms with Crippen LogP contribution in [-0.4, -0.2) is 10.9 Å². The van der Waals surface area contributed by atoms with E-state index >= 15 is 0 Å². The summed E-state index contributed by atoms with van der Waals surface area (Å²) in [5, 5.41) is 3.16. The van der Waals surface area contributed by atoms with E-state index in [-0.39, 0.29) is 5.91 Å². The van der Waals surface area contributed by atoms with E-state index in [9.17, 15) is 4.79 Å².